The summed E-state index contributed by atoms with van der Waals surface area (Å²) in [6.07, 6.45) is 9.46. The lowest BCUT2D eigenvalue weighted by atomic mass is 9.91. The van der Waals surface area contributed by atoms with Crippen molar-refractivity contribution in [3.05, 3.63) is 34.3 Å². The molecule has 106 valence electrons. The number of rotatable bonds is 2. The second-order valence-corrected chi connectivity index (χ2v) is 6.59. The summed E-state index contributed by atoms with van der Waals surface area (Å²) in [7, 11) is 0. The van der Waals surface area contributed by atoms with E-state index in [9.17, 15) is 5.26 Å². The quantitative estimate of drug-likeness (QED) is 0.823. The van der Waals surface area contributed by atoms with Gasteiger partial charge in [-0.3, -0.25) is 5.32 Å². The Balaban J connectivity index is 1.85. The first-order valence-electron chi connectivity index (χ1n) is 7.71. The second-order valence-electron chi connectivity index (χ2n) is 6.15. The molecule has 0 aromatic heterocycles. The molecule has 1 N–H and O–H groups in total. The SMILES string of the molecule is N#CC1(NC2CCCCCC2)CCc2cc(Cl)ccc21. The largest absolute Gasteiger partial charge is 0.293 e. The van der Waals surface area contributed by atoms with Crippen LogP contribution in [-0.2, 0) is 12.0 Å². The van der Waals surface area contributed by atoms with Crippen molar-refractivity contribution in [1.29, 1.82) is 5.26 Å². The minimum absolute atomic E-state index is 0.485. The molecule has 1 saturated carbocycles. The van der Waals surface area contributed by atoms with Crippen molar-refractivity contribution in [2.75, 3.05) is 0 Å². The summed E-state index contributed by atoms with van der Waals surface area (Å²) < 4.78 is 0. The maximum Gasteiger partial charge on any atom is 0.133 e. The smallest absolute Gasteiger partial charge is 0.133 e. The third kappa shape index (κ3) is 2.57. The van der Waals surface area contributed by atoms with E-state index in [0.29, 0.717) is 6.04 Å². The first-order valence-corrected chi connectivity index (χ1v) is 8.09. The summed E-state index contributed by atoms with van der Waals surface area (Å²) in [6, 6.07) is 9.02. The van der Waals surface area contributed by atoms with Crippen LogP contribution in [0.2, 0.25) is 5.02 Å². The maximum absolute atomic E-state index is 9.79. The van der Waals surface area contributed by atoms with Crippen molar-refractivity contribution in [1.82, 2.24) is 5.32 Å². The molecule has 1 atom stereocenters. The molecule has 0 aliphatic heterocycles. The zero-order chi connectivity index (χ0) is 14.0. The highest BCUT2D eigenvalue weighted by atomic mass is 35.5. The molecular weight excluding hydrogens is 268 g/mol. The van der Waals surface area contributed by atoms with Gasteiger partial charge in [-0.2, -0.15) is 5.26 Å². The van der Waals surface area contributed by atoms with Gasteiger partial charge in [0.2, 0.25) is 0 Å². The van der Waals surface area contributed by atoms with Crippen molar-refractivity contribution in [3.8, 4) is 6.07 Å². The van der Waals surface area contributed by atoms with Gasteiger partial charge in [-0.05, 0) is 48.9 Å². The Hall–Kier alpha value is -1.04. The van der Waals surface area contributed by atoms with Gasteiger partial charge < -0.3 is 0 Å². The predicted octanol–water partition coefficient (Wildman–Crippen LogP) is 4.32. The van der Waals surface area contributed by atoms with Crippen molar-refractivity contribution in [2.24, 2.45) is 0 Å². The fourth-order valence-electron chi connectivity index (χ4n) is 3.71. The Morgan fingerprint density at radius 1 is 1.20 bits per heavy atom. The molecule has 0 radical (unpaired) electrons. The number of aryl methyl sites for hydroxylation is 1. The number of benzene rings is 1. The summed E-state index contributed by atoms with van der Waals surface area (Å²) in [5.74, 6) is 0. The van der Waals surface area contributed by atoms with Crippen LogP contribution in [0.25, 0.3) is 0 Å². The van der Waals surface area contributed by atoms with Crippen LogP contribution < -0.4 is 5.32 Å². The number of halogens is 1. The van der Waals surface area contributed by atoms with Gasteiger partial charge in [0.25, 0.3) is 0 Å². The molecule has 0 amide bonds. The van der Waals surface area contributed by atoms with E-state index in [-0.39, 0.29) is 0 Å². The van der Waals surface area contributed by atoms with Crippen LogP contribution in [0.4, 0.5) is 0 Å². The van der Waals surface area contributed by atoms with E-state index in [1.807, 2.05) is 18.2 Å². The Labute approximate surface area is 126 Å². The summed E-state index contributed by atoms with van der Waals surface area (Å²) in [4.78, 5) is 0. The van der Waals surface area contributed by atoms with Gasteiger partial charge in [-0.15, -0.1) is 0 Å². The van der Waals surface area contributed by atoms with Gasteiger partial charge in [0.1, 0.15) is 5.54 Å². The first-order chi connectivity index (χ1) is 9.73. The van der Waals surface area contributed by atoms with Gasteiger partial charge >= 0.3 is 0 Å². The fourth-order valence-corrected chi connectivity index (χ4v) is 3.91. The van der Waals surface area contributed by atoms with Crippen molar-refractivity contribution in [3.63, 3.8) is 0 Å². The van der Waals surface area contributed by atoms with Crippen molar-refractivity contribution >= 4 is 11.6 Å². The highest BCUT2D eigenvalue weighted by molar-refractivity contribution is 6.30. The van der Waals surface area contributed by atoms with E-state index in [0.717, 1.165) is 23.4 Å². The normalized spacial score (nSPS) is 26.8. The van der Waals surface area contributed by atoms with E-state index in [1.54, 1.807) is 0 Å². The Morgan fingerprint density at radius 3 is 2.65 bits per heavy atom. The number of nitrogens with zero attached hydrogens (tertiary/aromatic N) is 1. The molecule has 1 aromatic carbocycles. The molecule has 0 heterocycles. The van der Waals surface area contributed by atoms with E-state index in [4.69, 9.17) is 11.6 Å². The van der Waals surface area contributed by atoms with Crippen LogP contribution in [0.3, 0.4) is 0 Å². The van der Waals surface area contributed by atoms with Gasteiger partial charge in [0.05, 0.1) is 6.07 Å². The molecule has 3 rings (SSSR count). The number of hydrogen-bond donors (Lipinski definition) is 1. The summed E-state index contributed by atoms with van der Waals surface area (Å²) in [5, 5.41) is 14.3. The average molecular weight is 289 g/mol. The molecule has 0 bridgehead atoms. The monoisotopic (exact) mass is 288 g/mol. The molecule has 2 aliphatic rings. The van der Waals surface area contributed by atoms with Crippen molar-refractivity contribution < 1.29 is 0 Å². The molecule has 1 unspecified atom stereocenters. The Kier molecular flexibility index (Phi) is 4.01. The highest BCUT2D eigenvalue weighted by Crippen LogP contribution is 2.39. The topological polar surface area (TPSA) is 35.8 Å². The number of nitriles is 1. The Bertz CT molecular complexity index is 526. The molecule has 2 nitrogen and oxygen atoms in total. The standard InChI is InChI=1S/C17H21ClN2/c18-14-7-8-16-13(11-14)9-10-17(16,12-19)20-15-5-3-1-2-4-6-15/h7-8,11,15,20H,1-6,9-10H2. The number of hydrogen-bond acceptors (Lipinski definition) is 2. The second kappa shape index (κ2) is 5.76. The molecule has 3 heteroatoms. The van der Waals surface area contributed by atoms with Crippen LogP contribution in [0.1, 0.15) is 56.1 Å². The van der Waals surface area contributed by atoms with Crippen LogP contribution >= 0.6 is 11.6 Å². The summed E-state index contributed by atoms with van der Waals surface area (Å²) >= 11 is 6.07. The van der Waals surface area contributed by atoms with E-state index >= 15 is 0 Å². The number of fused-ring (bicyclic) bond motifs is 1. The molecule has 2 aliphatic carbocycles. The van der Waals surface area contributed by atoms with Gasteiger partial charge in [-0.1, -0.05) is 43.4 Å². The summed E-state index contributed by atoms with van der Waals surface area (Å²) in [6.45, 7) is 0. The van der Waals surface area contributed by atoms with Crippen molar-refractivity contribution in [2.45, 2.75) is 62.9 Å². The zero-order valence-electron chi connectivity index (χ0n) is 11.8. The van der Waals surface area contributed by atoms with E-state index < -0.39 is 5.54 Å². The Morgan fingerprint density at radius 2 is 1.95 bits per heavy atom. The third-order valence-corrected chi connectivity index (χ3v) is 5.03. The van der Waals surface area contributed by atoms with Crippen LogP contribution in [0.5, 0.6) is 0 Å². The van der Waals surface area contributed by atoms with Crippen LogP contribution in [0, 0.1) is 11.3 Å². The number of nitrogens with one attached hydrogen (secondary N) is 1. The fraction of sp³-hybridized carbons (Fsp3) is 0.588. The highest BCUT2D eigenvalue weighted by Gasteiger charge is 2.40. The van der Waals surface area contributed by atoms with Gasteiger partial charge in [0, 0.05) is 11.1 Å². The average Bonchev–Trinajstić information content (AvgIpc) is 2.63. The lowest BCUT2D eigenvalue weighted by molar-refractivity contribution is 0.334. The van der Waals surface area contributed by atoms with E-state index in [2.05, 4.69) is 11.4 Å². The minimum Gasteiger partial charge on any atom is -0.293 e. The lowest BCUT2D eigenvalue weighted by Gasteiger charge is -2.29. The zero-order valence-corrected chi connectivity index (χ0v) is 12.5. The molecule has 1 aromatic rings. The minimum atomic E-state index is -0.491. The molecule has 1 fully saturated rings. The predicted molar refractivity (Wildman–Crippen MR) is 81.7 cm³/mol. The lowest BCUT2D eigenvalue weighted by Crippen LogP contribution is -2.45. The first kappa shape index (κ1) is 13.9. The van der Waals surface area contributed by atoms with Gasteiger partial charge in [0.15, 0.2) is 0 Å². The molecular formula is C17H21ClN2. The van der Waals surface area contributed by atoms with Crippen LogP contribution in [-0.4, -0.2) is 6.04 Å². The van der Waals surface area contributed by atoms with E-state index in [1.165, 1.54) is 44.1 Å². The summed E-state index contributed by atoms with van der Waals surface area (Å²) in [5.41, 5.74) is 1.89. The third-order valence-electron chi connectivity index (χ3n) is 4.79. The molecule has 0 spiro atoms. The maximum atomic E-state index is 9.79. The van der Waals surface area contributed by atoms with Crippen LogP contribution in [0.15, 0.2) is 18.2 Å². The van der Waals surface area contributed by atoms with Gasteiger partial charge in [-0.25, -0.2) is 0 Å². The molecule has 20 heavy (non-hydrogen) atoms. The molecule has 0 saturated heterocycles.